The lowest BCUT2D eigenvalue weighted by atomic mass is 10.1. The largest absolute Gasteiger partial charge is 0.464 e. The van der Waals surface area contributed by atoms with Crippen LogP contribution in [-0.2, 0) is 14.3 Å². The molecule has 0 spiro atoms. The summed E-state index contributed by atoms with van der Waals surface area (Å²) in [6.07, 6.45) is 1.56. The molecular formula is C18H15NO4. The van der Waals surface area contributed by atoms with Gasteiger partial charge in [0.15, 0.2) is 0 Å². The van der Waals surface area contributed by atoms with Gasteiger partial charge in [0.1, 0.15) is 16.9 Å². The van der Waals surface area contributed by atoms with Crippen molar-refractivity contribution in [2.24, 2.45) is 0 Å². The molecule has 5 nitrogen and oxygen atoms in total. The van der Waals surface area contributed by atoms with Gasteiger partial charge in [-0.25, -0.2) is 4.79 Å². The second-order valence-corrected chi connectivity index (χ2v) is 5.08. The molecule has 1 aromatic heterocycles. The monoisotopic (exact) mass is 309 g/mol. The van der Waals surface area contributed by atoms with Gasteiger partial charge < -0.3 is 14.5 Å². The number of para-hydroxylation sites is 1. The lowest BCUT2D eigenvalue weighted by molar-refractivity contribution is -0.137. The van der Waals surface area contributed by atoms with Gasteiger partial charge in [0.05, 0.1) is 7.11 Å². The summed E-state index contributed by atoms with van der Waals surface area (Å²) >= 11 is 0. The number of hydrogen-bond donors (Lipinski definition) is 1. The molecule has 2 aromatic carbocycles. The number of fused-ring (bicyclic) bond motifs is 3. The molecule has 0 atom stereocenters. The summed E-state index contributed by atoms with van der Waals surface area (Å²) in [7, 11) is 1.26. The van der Waals surface area contributed by atoms with Gasteiger partial charge in [-0.15, -0.1) is 0 Å². The minimum Gasteiger partial charge on any atom is -0.464 e. The zero-order chi connectivity index (χ0) is 16.4. The van der Waals surface area contributed by atoms with E-state index in [0.29, 0.717) is 5.58 Å². The number of benzene rings is 2. The Balaban J connectivity index is 2.08. The third-order valence-electron chi connectivity index (χ3n) is 3.43. The number of hydrogen-bond acceptors (Lipinski definition) is 4. The smallest absolute Gasteiger partial charge is 0.354 e. The first-order valence-corrected chi connectivity index (χ1v) is 7.07. The van der Waals surface area contributed by atoms with Crippen molar-refractivity contribution < 1.29 is 18.7 Å². The van der Waals surface area contributed by atoms with E-state index < -0.39 is 5.97 Å². The predicted molar refractivity (Wildman–Crippen MR) is 87.5 cm³/mol. The van der Waals surface area contributed by atoms with Gasteiger partial charge in [-0.2, -0.15) is 0 Å². The van der Waals surface area contributed by atoms with Gasteiger partial charge in [-0.05, 0) is 29.8 Å². The van der Waals surface area contributed by atoms with Gasteiger partial charge in [-0.3, -0.25) is 4.79 Å². The molecule has 0 aliphatic heterocycles. The van der Waals surface area contributed by atoms with Crippen LogP contribution in [0.4, 0.5) is 0 Å². The summed E-state index contributed by atoms with van der Waals surface area (Å²) in [5.41, 5.74) is 2.33. The van der Waals surface area contributed by atoms with E-state index >= 15 is 0 Å². The van der Waals surface area contributed by atoms with E-state index in [-0.39, 0.29) is 11.6 Å². The highest BCUT2D eigenvalue weighted by atomic mass is 16.5. The van der Waals surface area contributed by atoms with Crippen LogP contribution in [0.15, 0.2) is 52.6 Å². The molecule has 116 valence electrons. The molecule has 0 unspecified atom stereocenters. The maximum atomic E-state index is 11.7. The Bertz CT molecular complexity index is 937. The van der Waals surface area contributed by atoms with Gasteiger partial charge >= 0.3 is 5.97 Å². The summed E-state index contributed by atoms with van der Waals surface area (Å²) in [5, 5.41) is 4.50. The van der Waals surface area contributed by atoms with Crippen molar-refractivity contribution in [1.82, 2.24) is 5.32 Å². The van der Waals surface area contributed by atoms with Crippen LogP contribution in [0.1, 0.15) is 12.5 Å². The van der Waals surface area contributed by atoms with E-state index in [1.165, 1.54) is 14.0 Å². The third-order valence-corrected chi connectivity index (χ3v) is 3.43. The Kier molecular flexibility index (Phi) is 3.85. The van der Waals surface area contributed by atoms with Crippen LogP contribution in [-0.4, -0.2) is 19.0 Å². The number of esters is 1. The van der Waals surface area contributed by atoms with E-state index in [1.54, 1.807) is 6.08 Å². The van der Waals surface area contributed by atoms with Crippen LogP contribution in [0.3, 0.4) is 0 Å². The van der Waals surface area contributed by atoms with E-state index in [1.807, 2.05) is 42.5 Å². The first-order chi connectivity index (χ1) is 11.1. The lowest BCUT2D eigenvalue weighted by Crippen LogP contribution is -2.25. The number of rotatable bonds is 3. The van der Waals surface area contributed by atoms with Gasteiger partial charge in [0.2, 0.25) is 5.91 Å². The van der Waals surface area contributed by atoms with Crippen LogP contribution in [0.25, 0.3) is 28.0 Å². The van der Waals surface area contributed by atoms with Gasteiger partial charge in [-0.1, -0.05) is 24.3 Å². The first kappa shape index (κ1) is 14.8. The van der Waals surface area contributed by atoms with Crippen molar-refractivity contribution in [2.75, 3.05) is 7.11 Å². The van der Waals surface area contributed by atoms with Crippen molar-refractivity contribution >= 4 is 39.9 Å². The van der Waals surface area contributed by atoms with Crippen LogP contribution in [0, 0.1) is 0 Å². The topological polar surface area (TPSA) is 68.5 Å². The maximum absolute atomic E-state index is 11.7. The van der Waals surface area contributed by atoms with Gasteiger partial charge in [0, 0.05) is 17.7 Å². The van der Waals surface area contributed by atoms with Crippen molar-refractivity contribution in [3.8, 4) is 0 Å². The van der Waals surface area contributed by atoms with Crippen LogP contribution in [0.2, 0.25) is 0 Å². The Morgan fingerprint density at radius 3 is 2.57 bits per heavy atom. The van der Waals surface area contributed by atoms with E-state index in [4.69, 9.17) is 4.42 Å². The molecule has 1 amide bonds. The normalized spacial score (nSPS) is 11.7. The molecule has 0 fully saturated rings. The van der Waals surface area contributed by atoms with Crippen molar-refractivity contribution in [3.63, 3.8) is 0 Å². The molecule has 3 aromatic rings. The van der Waals surface area contributed by atoms with E-state index in [9.17, 15) is 9.59 Å². The molecular weight excluding hydrogens is 294 g/mol. The maximum Gasteiger partial charge on any atom is 0.354 e. The van der Waals surface area contributed by atoms with Crippen molar-refractivity contribution in [2.45, 2.75) is 6.92 Å². The second kappa shape index (κ2) is 5.96. The average molecular weight is 309 g/mol. The lowest BCUT2D eigenvalue weighted by Gasteiger charge is -2.05. The zero-order valence-corrected chi connectivity index (χ0v) is 12.8. The number of carbonyl (C=O) groups excluding carboxylic acids is 2. The molecule has 0 radical (unpaired) electrons. The molecule has 1 N–H and O–H groups in total. The minimum absolute atomic E-state index is 0.0791. The van der Waals surface area contributed by atoms with E-state index in [2.05, 4.69) is 10.1 Å². The molecule has 0 saturated carbocycles. The molecule has 3 rings (SSSR count). The van der Waals surface area contributed by atoms with E-state index in [0.717, 1.165) is 21.9 Å². The summed E-state index contributed by atoms with van der Waals surface area (Å²) in [4.78, 5) is 22.9. The number of methoxy groups -OCH3 is 1. The number of amides is 1. The Hall–Kier alpha value is -3.08. The Labute approximate surface area is 132 Å². The quantitative estimate of drug-likeness (QED) is 0.596. The highest BCUT2D eigenvalue weighted by Crippen LogP contribution is 2.29. The highest BCUT2D eigenvalue weighted by molar-refractivity contribution is 6.05. The SMILES string of the molecule is COC(=O)C(=Cc1ccc2c(c1)oc1ccccc12)NC(C)=O. The van der Waals surface area contributed by atoms with Crippen LogP contribution in [0.5, 0.6) is 0 Å². The van der Waals surface area contributed by atoms with Gasteiger partial charge in [0.25, 0.3) is 0 Å². The molecule has 1 heterocycles. The fraction of sp³-hybridized carbons (Fsp3) is 0.111. The van der Waals surface area contributed by atoms with Crippen molar-refractivity contribution in [1.29, 1.82) is 0 Å². The summed E-state index contributed by atoms with van der Waals surface area (Å²) < 4.78 is 10.5. The number of carbonyl (C=O) groups is 2. The summed E-state index contributed by atoms with van der Waals surface area (Å²) in [6, 6.07) is 13.4. The number of nitrogens with one attached hydrogen (secondary N) is 1. The Morgan fingerprint density at radius 1 is 1.09 bits per heavy atom. The molecule has 5 heteroatoms. The Morgan fingerprint density at radius 2 is 1.83 bits per heavy atom. The number of ether oxygens (including phenoxy) is 1. The van der Waals surface area contributed by atoms with Crippen molar-refractivity contribution in [3.05, 3.63) is 53.7 Å². The molecule has 23 heavy (non-hydrogen) atoms. The summed E-state index contributed by atoms with van der Waals surface area (Å²) in [6.45, 7) is 1.33. The molecule has 0 aliphatic rings. The summed E-state index contributed by atoms with van der Waals surface area (Å²) in [5.74, 6) is -0.948. The minimum atomic E-state index is -0.607. The molecule has 0 saturated heterocycles. The second-order valence-electron chi connectivity index (χ2n) is 5.08. The predicted octanol–water partition coefficient (Wildman–Crippen LogP) is 3.24. The standard InChI is InChI=1S/C18H15NO4/c1-11(20)19-15(18(21)22-2)9-12-7-8-14-13-5-3-4-6-16(13)23-17(14)10-12/h3-10H,1-2H3,(H,19,20). The first-order valence-electron chi connectivity index (χ1n) is 7.07. The van der Waals surface area contributed by atoms with Crippen LogP contribution >= 0.6 is 0 Å². The average Bonchev–Trinajstić information content (AvgIpc) is 2.90. The third kappa shape index (κ3) is 2.94. The number of furan rings is 1. The fourth-order valence-corrected chi connectivity index (χ4v) is 2.44. The van der Waals surface area contributed by atoms with Crippen LogP contribution < -0.4 is 5.32 Å². The highest BCUT2D eigenvalue weighted by Gasteiger charge is 2.12. The fourth-order valence-electron chi connectivity index (χ4n) is 2.44. The zero-order valence-electron chi connectivity index (χ0n) is 12.8. The molecule has 0 bridgehead atoms. The molecule has 0 aliphatic carbocycles.